The van der Waals surface area contributed by atoms with Gasteiger partial charge < -0.3 is 16.2 Å². The van der Waals surface area contributed by atoms with E-state index in [1.807, 2.05) is 18.2 Å². The normalized spacial score (nSPS) is 12.4. The minimum absolute atomic E-state index is 0.188. The molecule has 1 aromatic carbocycles. The van der Waals surface area contributed by atoms with Crippen molar-refractivity contribution in [2.45, 2.75) is 26.0 Å². The van der Waals surface area contributed by atoms with E-state index in [1.54, 1.807) is 0 Å². The van der Waals surface area contributed by atoms with Gasteiger partial charge in [-0.1, -0.05) is 31.2 Å². The average Bonchev–Trinajstić information content (AvgIpc) is 2.29. The van der Waals surface area contributed by atoms with Crippen LogP contribution in [-0.4, -0.2) is 23.7 Å². The zero-order valence-corrected chi connectivity index (χ0v) is 9.44. The van der Waals surface area contributed by atoms with Crippen LogP contribution in [0.4, 0.5) is 0 Å². The van der Waals surface area contributed by atoms with E-state index in [2.05, 4.69) is 18.3 Å². The highest BCUT2D eigenvalue weighted by Gasteiger charge is 2.09. The SMILES string of the molecule is CCc1ccccc1CNCC(O)C(N)=O. The van der Waals surface area contributed by atoms with Gasteiger partial charge in [0, 0.05) is 13.1 Å². The van der Waals surface area contributed by atoms with E-state index in [-0.39, 0.29) is 6.54 Å². The van der Waals surface area contributed by atoms with E-state index < -0.39 is 12.0 Å². The minimum Gasteiger partial charge on any atom is -0.382 e. The van der Waals surface area contributed by atoms with Crippen LogP contribution in [0.1, 0.15) is 18.1 Å². The molecule has 1 atom stereocenters. The number of carbonyl (C=O) groups excluding carboxylic acids is 1. The summed E-state index contributed by atoms with van der Waals surface area (Å²) < 4.78 is 0. The average molecular weight is 222 g/mol. The van der Waals surface area contributed by atoms with Crippen molar-refractivity contribution in [2.24, 2.45) is 5.73 Å². The maximum Gasteiger partial charge on any atom is 0.247 e. The topological polar surface area (TPSA) is 75.3 Å². The predicted octanol–water partition coefficient (Wildman–Crippen LogP) is 0.185. The van der Waals surface area contributed by atoms with Crippen LogP contribution in [0, 0.1) is 0 Å². The lowest BCUT2D eigenvalue weighted by molar-refractivity contribution is -0.125. The first-order valence-corrected chi connectivity index (χ1v) is 5.40. The summed E-state index contributed by atoms with van der Waals surface area (Å²) in [6.45, 7) is 2.92. The second kappa shape index (κ2) is 6.25. The number of benzene rings is 1. The third-order valence-corrected chi connectivity index (χ3v) is 2.48. The van der Waals surface area contributed by atoms with E-state index in [9.17, 15) is 9.90 Å². The third-order valence-electron chi connectivity index (χ3n) is 2.48. The molecule has 4 N–H and O–H groups in total. The van der Waals surface area contributed by atoms with Crippen molar-refractivity contribution >= 4 is 5.91 Å². The van der Waals surface area contributed by atoms with Crippen LogP contribution in [0.2, 0.25) is 0 Å². The Balaban J connectivity index is 2.45. The lowest BCUT2D eigenvalue weighted by Gasteiger charge is -2.10. The molecule has 0 aliphatic heterocycles. The number of hydrogen-bond donors (Lipinski definition) is 3. The van der Waals surface area contributed by atoms with Gasteiger partial charge in [-0.3, -0.25) is 4.79 Å². The number of carbonyl (C=O) groups is 1. The zero-order chi connectivity index (χ0) is 12.0. The van der Waals surface area contributed by atoms with E-state index in [1.165, 1.54) is 11.1 Å². The lowest BCUT2D eigenvalue weighted by Crippen LogP contribution is -2.37. The summed E-state index contributed by atoms with van der Waals surface area (Å²) in [6.07, 6.45) is -0.148. The number of nitrogens with two attached hydrogens (primary N) is 1. The molecule has 1 aromatic rings. The second-order valence-corrected chi connectivity index (χ2v) is 3.67. The first-order valence-electron chi connectivity index (χ1n) is 5.40. The Morgan fingerprint density at radius 1 is 1.44 bits per heavy atom. The minimum atomic E-state index is -1.12. The molecule has 0 heterocycles. The molecule has 0 aliphatic rings. The molecular weight excluding hydrogens is 204 g/mol. The zero-order valence-electron chi connectivity index (χ0n) is 9.44. The number of primary amides is 1. The Bertz CT molecular complexity index is 353. The summed E-state index contributed by atoms with van der Waals surface area (Å²) in [7, 11) is 0. The smallest absolute Gasteiger partial charge is 0.247 e. The standard InChI is InChI=1S/C12H18N2O2/c1-2-9-5-3-4-6-10(9)7-14-8-11(15)12(13)16/h3-6,11,14-15H,2,7-8H2,1H3,(H2,13,16). The quantitative estimate of drug-likeness (QED) is 0.643. The lowest BCUT2D eigenvalue weighted by atomic mass is 10.1. The van der Waals surface area contributed by atoms with Crippen LogP contribution >= 0.6 is 0 Å². The summed E-state index contributed by atoms with van der Waals surface area (Å²) in [5, 5.41) is 12.2. The largest absolute Gasteiger partial charge is 0.382 e. The number of aliphatic hydroxyl groups is 1. The molecule has 0 spiro atoms. The highest BCUT2D eigenvalue weighted by atomic mass is 16.3. The molecule has 0 bridgehead atoms. The van der Waals surface area contributed by atoms with Crippen LogP contribution in [0.3, 0.4) is 0 Å². The van der Waals surface area contributed by atoms with Gasteiger partial charge in [-0.05, 0) is 17.5 Å². The fourth-order valence-electron chi connectivity index (χ4n) is 1.52. The van der Waals surface area contributed by atoms with Gasteiger partial charge in [0.2, 0.25) is 5.91 Å². The van der Waals surface area contributed by atoms with Crippen LogP contribution in [0.25, 0.3) is 0 Å². The molecule has 0 aromatic heterocycles. The molecule has 1 rings (SSSR count). The summed E-state index contributed by atoms with van der Waals surface area (Å²) in [6, 6.07) is 8.07. The van der Waals surface area contributed by atoms with E-state index >= 15 is 0 Å². The van der Waals surface area contributed by atoms with Crippen molar-refractivity contribution in [3.63, 3.8) is 0 Å². The van der Waals surface area contributed by atoms with Crippen LogP contribution in [-0.2, 0) is 17.8 Å². The number of amides is 1. The Morgan fingerprint density at radius 2 is 2.06 bits per heavy atom. The van der Waals surface area contributed by atoms with Crippen LogP contribution < -0.4 is 11.1 Å². The van der Waals surface area contributed by atoms with Crippen molar-refractivity contribution in [1.82, 2.24) is 5.32 Å². The highest BCUT2D eigenvalue weighted by Crippen LogP contribution is 2.08. The van der Waals surface area contributed by atoms with Gasteiger partial charge in [-0.15, -0.1) is 0 Å². The number of aliphatic hydroxyl groups excluding tert-OH is 1. The molecule has 1 unspecified atom stereocenters. The molecule has 0 fully saturated rings. The second-order valence-electron chi connectivity index (χ2n) is 3.67. The van der Waals surface area contributed by atoms with E-state index in [4.69, 9.17) is 5.73 Å². The van der Waals surface area contributed by atoms with Crippen LogP contribution in [0.15, 0.2) is 24.3 Å². The first kappa shape index (κ1) is 12.7. The first-order chi connectivity index (χ1) is 7.65. The molecule has 16 heavy (non-hydrogen) atoms. The Kier molecular flexibility index (Phi) is 4.95. The van der Waals surface area contributed by atoms with Gasteiger partial charge in [0.1, 0.15) is 6.10 Å². The number of hydrogen-bond acceptors (Lipinski definition) is 3. The molecule has 0 radical (unpaired) electrons. The van der Waals surface area contributed by atoms with Crippen molar-refractivity contribution in [3.8, 4) is 0 Å². The van der Waals surface area contributed by atoms with Gasteiger partial charge in [-0.25, -0.2) is 0 Å². The van der Waals surface area contributed by atoms with Gasteiger partial charge in [-0.2, -0.15) is 0 Å². The van der Waals surface area contributed by atoms with Crippen molar-refractivity contribution < 1.29 is 9.90 Å². The predicted molar refractivity (Wildman–Crippen MR) is 62.7 cm³/mol. The molecule has 0 aliphatic carbocycles. The molecular formula is C12H18N2O2. The Morgan fingerprint density at radius 3 is 2.62 bits per heavy atom. The summed E-state index contributed by atoms with van der Waals surface area (Å²) in [5.41, 5.74) is 7.39. The maximum atomic E-state index is 10.6. The fourth-order valence-corrected chi connectivity index (χ4v) is 1.52. The van der Waals surface area contributed by atoms with Gasteiger partial charge in [0.25, 0.3) is 0 Å². The fraction of sp³-hybridized carbons (Fsp3) is 0.417. The third kappa shape index (κ3) is 3.64. The summed E-state index contributed by atoms with van der Waals surface area (Å²) in [4.78, 5) is 10.6. The van der Waals surface area contributed by atoms with E-state index in [0.29, 0.717) is 6.54 Å². The summed E-state index contributed by atoms with van der Waals surface area (Å²) in [5.74, 6) is -0.698. The maximum absolute atomic E-state index is 10.6. The molecule has 4 heteroatoms. The monoisotopic (exact) mass is 222 g/mol. The van der Waals surface area contributed by atoms with Crippen LogP contribution in [0.5, 0.6) is 0 Å². The van der Waals surface area contributed by atoms with Crippen molar-refractivity contribution in [1.29, 1.82) is 0 Å². The van der Waals surface area contributed by atoms with Gasteiger partial charge >= 0.3 is 0 Å². The van der Waals surface area contributed by atoms with E-state index in [0.717, 1.165) is 6.42 Å². The Labute approximate surface area is 95.5 Å². The molecule has 4 nitrogen and oxygen atoms in total. The number of rotatable bonds is 6. The highest BCUT2D eigenvalue weighted by molar-refractivity contribution is 5.78. The van der Waals surface area contributed by atoms with Gasteiger partial charge in [0.05, 0.1) is 0 Å². The molecule has 1 amide bonds. The van der Waals surface area contributed by atoms with Gasteiger partial charge in [0.15, 0.2) is 0 Å². The molecule has 88 valence electrons. The summed E-state index contributed by atoms with van der Waals surface area (Å²) >= 11 is 0. The molecule has 0 saturated carbocycles. The number of aryl methyl sites for hydroxylation is 1. The Hall–Kier alpha value is -1.39. The number of nitrogens with one attached hydrogen (secondary N) is 1. The van der Waals surface area contributed by atoms with Crippen molar-refractivity contribution in [3.05, 3.63) is 35.4 Å². The van der Waals surface area contributed by atoms with Crippen molar-refractivity contribution in [2.75, 3.05) is 6.54 Å². The molecule has 0 saturated heterocycles.